The number of thiazole rings is 1. The minimum Gasteiger partial charge on any atom is -0.468 e. The van der Waals surface area contributed by atoms with Gasteiger partial charge in [-0.25, -0.2) is 4.98 Å². The Bertz CT molecular complexity index is 364. The Morgan fingerprint density at radius 1 is 1.67 bits per heavy atom. The molecule has 0 fully saturated rings. The molecule has 1 aromatic rings. The lowest BCUT2D eigenvalue weighted by molar-refractivity contribution is -0.141. The van der Waals surface area contributed by atoms with Gasteiger partial charge in [-0.15, -0.1) is 11.3 Å². The fourth-order valence-corrected chi connectivity index (χ4v) is 1.44. The first-order valence-electron chi connectivity index (χ1n) is 4.15. The number of nitrogens with two attached hydrogens (primary N) is 1. The van der Waals surface area contributed by atoms with Crippen molar-refractivity contribution in [2.24, 2.45) is 0 Å². The number of hydrogen-bond donors (Lipinski definition) is 2. The molecule has 0 spiro atoms. The van der Waals surface area contributed by atoms with E-state index in [1.165, 1.54) is 18.4 Å². The zero-order valence-electron chi connectivity index (χ0n) is 8.15. The lowest BCUT2D eigenvalue weighted by Gasteiger charge is -2.01. The van der Waals surface area contributed by atoms with E-state index in [9.17, 15) is 9.59 Å². The van der Waals surface area contributed by atoms with Crippen molar-refractivity contribution in [3.8, 4) is 0 Å². The zero-order valence-corrected chi connectivity index (χ0v) is 8.97. The second-order valence-electron chi connectivity index (χ2n) is 2.71. The van der Waals surface area contributed by atoms with Crippen molar-refractivity contribution < 1.29 is 14.3 Å². The highest BCUT2D eigenvalue weighted by molar-refractivity contribution is 7.13. The number of methoxy groups -OCH3 is 1. The maximum Gasteiger partial charge on any atom is 0.325 e. The molecule has 1 heterocycles. The van der Waals surface area contributed by atoms with E-state index >= 15 is 0 Å². The van der Waals surface area contributed by atoms with Crippen LogP contribution in [0.25, 0.3) is 0 Å². The number of amides is 1. The number of esters is 1. The summed E-state index contributed by atoms with van der Waals surface area (Å²) in [6.07, 6.45) is 0.116. The highest BCUT2D eigenvalue weighted by Crippen LogP contribution is 2.10. The minimum absolute atomic E-state index is 0.116. The summed E-state index contributed by atoms with van der Waals surface area (Å²) in [4.78, 5) is 25.9. The van der Waals surface area contributed by atoms with Crippen LogP contribution >= 0.6 is 11.3 Å². The number of hydrogen-bond acceptors (Lipinski definition) is 6. The number of nitrogens with one attached hydrogen (secondary N) is 1. The Hall–Kier alpha value is -1.63. The summed E-state index contributed by atoms with van der Waals surface area (Å²) in [7, 11) is 1.26. The van der Waals surface area contributed by atoms with Crippen LogP contribution in [-0.2, 0) is 20.7 Å². The van der Waals surface area contributed by atoms with Crippen molar-refractivity contribution in [2.75, 3.05) is 19.4 Å². The summed E-state index contributed by atoms with van der Waals surface area (Å²) in [5.41, 5.74) is 6.00. The monoisotopic (exact) mass is 229 g/mol. The van der Waals surface area contributed by atoms with E-state index in [2.05, 4.69) is 15.0 Å². The van der Waals surface area contributed by atoms with Gasteiger partial charge in [0.05, 0.1) is 19.2 Å². The van der Waals surface area contributed by atoms with Crippen LogP contribution in [0.5, 0.6) is 0 Å². The van der Waals surface area contributed by atoms with E-state index in [-0.39, 0.29) is 18.9 Å². The van der Waals surface area contributed by atoms with E-state index in [1.807, 2.05) is 0 Å². The summed E-state index contributed by atoms with van der Waals surface area (Å²) in [6, 6.07) is 0. The first-order chi connectivity index (χ1) is 7.11. The Morgan fingerprint density at radius 3 is 2.93 bits per heavy atom. The third kappa shape index (κ3) is 3.94. The molecule has 0 atom stereocenters. The summed E-state index contributed by atoms with van der Waals surface area (Å²) in [5, 5.41) is 4.52. The van der Waals surface area contributed by atoms with Crippen LogP contribution in [0.15, 0.2) is 5.38 Å². The highest BCUT2D eigenvalue weighted by Gasteiger charge is 2.08. The Kier molecular flexibility index (Phi) is 4.04. The molecule has 0 aliphatic carbocycles. The molecule has 0 aliphatic heterocycles. The first-order valence-corrected chi connectivity index (χ1v) is 5.03. The molecule has 0 bridgehead atoms. The number of rotatable bonds is 4. The van der Waals surface area contributed by atoms with Crippen LogP contribution in [0, 0.1) is 0 Å². The van der Waals surface area contributed by atoms with Gasteiger partial charge in [-0.05, 0) is 0 Å². The summed E-state index contributed by atoms with van der Waals surface area (Å²) in [6.45, 7) is -0.130. The maximum absolute atomic E-state index is 11.2. The number of aromatic nitrogens is 1. The molecule has 0 radical (unpaired) electrons. The number of ether oxygens (including phenoxy) is 1. The zero-order chi connectivity index (χ0) is 11.3. The van der Waals surface area contributed by atoms with Gasteiger partial charge in [0.2, 0.25) is 5.91 Å². The van der Waals surface area contributed by atoms with E-state index in [0.29, 0.717) is 10.8 Å². The lowest BCUT2D eigenvalue weighted by Crippen LogP contribution is -2.31. The molecule has 6 nitrogen and oxygen atoms in total. The van der Waals surface area contributed by atoms with Gasteiger partial charge >= 0.3 is 5.97 Å². The fraction of sp³-hybridized carbons (Fsp3) is 0.375. The highest BCUT2D eigenvalue weighted by atomic mass is 32.1. The molecule has 0 aromatic carbocycles. The first kappa shape index (κ1) is 11.4. The van der Waals surface area contributed by atoms with Gasteiger partial charge in [0.25, 0.3) is 0 Å². The number of carbonyl (C=O) groups excluding carboxylic acids is 2. The molecule has 1 aromatic heterocycles. The molecular formula is C8H11N3O3S. The number of carbonyl (C=O) groups is 2. The van der Waals surface area contributed by atoms with Crippen LogP contribution in [-0.4, -0.2) is 30.5 Å². The second-order valence-corrected chi connectivity index (χ2v) is 3.60. The molecule has 0 aliphatic rings. The van der Waals surface area contributed by atoms with Gasteiger partial charge < -0.3 is 15.8 Å². The molecule has 0 unspecified atom stereocenters. The number of anilines is 1. The average molecular weight is 229 g/mol. The van der Waals surface area contributed by atoms with Crippen molar-refractivity contribution >= 4 is 28.3 Å². The molecule has 15 heavy (non-hydrogen) atoms. The van der Waals surface area contributed by atoms with Gasteiger partial charge in [0.1, 0.15) is 6.54 Å². The quantitative estimate of drug-likeness (QED) is 0.682. The topological polar surface area (TPSA) is 94.3 Å². The molecule has 0 saturated carbocycles. The maximum atomic E-state index is 11.2. The van der Waals surface area contributed by atoms with Crippen LogP contribution in [0.2, 0.25) is 0 Å². The number of nitrogen functional groups attached to an aromatic ring is 1. The molecule has 7 heteroatoms. The number of nitrogens with zero attached hydrogens (tertiary/aromatic N) is 1. The van der Waals surface area contributed by atoms with Crippen LogP contribution in [0.1, 0.15) is 5.69 Å². The van der Waals surface area contributed by atoms with Gasteiger partial charge in [-0.1, -0.05) is 0 Å². The largest absolute Gasteiger partial charge is 0.468 e. The van der Waals surface area contributed by atoms with Crippen LogP contribution in [0.4, 0.5) is 5.13 Å². The third-order valence-corrected chi connectivity index (χ3v) is 2.29. The molecule has 1 rings (SSSR count). The van der Waals surface area contributed by atoms with Crippen molar-refractivity contribution in [2.45, 2.75) is 6.42 Å². The standard InChI is InChI=1S/C8H11N3O3S/c1-14-7(13)3-10-6(12)2-5-4-15-8(9)11-5/h4H,2-3H2,1H3,(H2,9,11)(H,10,12). The molecule has 1 amide bonds. The normalized spacial score (nSPS) is 9.67. The predicted octanol–water partition coefficient (Wildman–Crippen LogP) is -0.443. The summed E-state index contributed by atoms with van der Waals surface area (Å²) >= 11 is 1.27. The van der Waals surface area contributed by atoms with Crippen LogP contribution < -0.4 is 11.1 Å². The van der Waals surface area contributed by atoms with Crippen molar-refractivity contribution in [3.63, 3.8) is 0 Å². The Labute approximate surface area is 90.4 Å². The van der Waals surface area contributed by atoms with Crippen LogP contribution in [0.3, 0.4) is 0 Å². The predicted molar refractivity (Wildman–Crippen MR) is 55.3 cm³/mol. The minimum atomic E-state index is -0.485. The lowest BCUT2D eigenvalue weighted by atomic mass is 10.3. The van der Waals surface area contributed by atoms with Gasteiger partial charge in [0.15, 0.2) is 5.13 Å². The average Bonchev–Trinajstić information content (AvgIpc) is 2.60. The summed E-state index contributed by atoms with van der Waals surface area (Å²) < 4.78 is 4.37. The third-order valence-electron chi connectivity index (χ3n) is 1.57. The molecule has 3 N–H and O–H groups in total. The molecular weight excluding hydrogens is 218 g/mol. The van der Waals surface area contributed by atoms with E-state index in [0.717, 1.165) is 0 Å². The van der Waals surface area contributed by atoms with Crippen molar-refractivity contribution in [1.82, 2.24) is 10.3 Å². The SMILES string of the molecule is COC(=O)CNC(=O)Cc1csc(N)n1. The van der Waals surface area contributed by atoms with Gasteiger partial charge in [-0.3, -0.25) is 9.59 Å². The van der Waals surface area contributed by atoms with Gasteiger partial charge in [-0.2, -0.15) is 0 Å². The Morgan fingerprint density at radius 2 is 2.40 bits per heavy atom. The van der Waals surface area contributed by atoms with E-state index in [1.54, 1.807) is 5.38 Å². The van der Waals surface area contributed by atoms with Crippen molar-refractivity contribution in [1.29, 1.82) is 0 Å². The Balaban J connectivity index is 2.33. The molecule has 82 valence electrons. The van der Waals surface area contributed by atoms with Gasteiger partial charge in [0, 0.05) is 5.38 Å². The van der Waals surface area contributed by atoms with Crippen molar-refractivity contribution in [3.05, 3.63) is 11.1 Å². The second kappa shape index (κ2) is 5.30. The van der Waals surface area contributed by atoms with E-state index in [4.69, 9.17) is 5.73 Å². The summed E-state index contributed by atoms with van der Waals surface area (Å²) in [5.74, 6) is -0.771. The smallest absolute Gasteiger partial charge is 0.325 e. The molecule has 0 saturated heterocycles. The van der Waals surface area contributed by atoms with E-state index < -0.39 is 5.97 Å². The fourth-order valence-electron chi connectivity index (χ4n) is 0.874.